The lowest BCUT2D eigenvalue weighted by molar-refractivity contribution is 0.0185. The largest absolute Gasteiger partial charge is 0.479 e. The maximum Gasteiger partial charge on any atom is 0.245 e. The van der Waals surface area contributed by atoms with Gasteiger partial charge in [0.05, 0.1) is 32.2 Å². The second-order valence-corrected chi connectivity index (χ2v) is 4.41. The molecule has 0 spiro atoms. The van der Waals surface area contributed by atoms with Gasteiger partial charge >= 0.3 is 0 Å². The van der Waals surface area contributed by atoms with Crippen LogP contribution in [0.4, 0.5) is 0 Å². The van der Waals surface area contributed by atoms with Crippen LogP contribution in [-0.2, 0) is 21.9 Å². The summed E-state index contributed by atoms with van der Waals surface area (Å²) >= 11 is 5.96. The van der Waals surface area contributed by atoms with E-state index in [2.05, 4.69) is 15.0 Å². The lowest BCUT2D eigenvalue weighted by Crippen LogP contribution is -2.24. The van der Waals surface area contributed by atoms with Gasteiger partial charge in [-0.15, -0.1) is 11.6 Å². The van der Waals surface area contributed by atoms with E-state index in [1.54, 1.807) is 21.3 Å². The fraction of sp³-hybridized carbons (Fsp3) is 0.583. The molecule has 0 saturated carbocycles. The topological polar surface area (TPSA) is 71.3 Å². The summed E-state index contributed by atoms with van der Waals surface area (Å²) in [5, 5.41) is 0. The first-order valence-electron chi connectivity index (χ1n) is 6.06. The molecule has 0 saturated heterocycles. The number of ether oxygens (including phenoxy) is 3. The van der Waals surface area contributed by atoms with Gasteiger partial charge in [0, 0.05) is 14.2 Å². The number of halogens is 1. The molecule has 0 aliphatic heterocycles. The van der Waals surface area contributed by atoms with E-state index in [0.717, 1.165) is 0 Å². The Bertz CT molecular complexity index is 575. The molecular formula is C12H17ClN4O3. The van der Waals surface area contributed by atoms with Gasteiger partial charge < -0.3 is 18.8 Å². The summed E-state index contributed by atoms with van der Waals surface area (Å²) in [4.78, 5) is 12.7. The number of alkyl halides is 1. The van der Waals surface area contributed by atoms with Gasteiger partial charge in [0.2, 0.25) is 5.88 Å². The summed E-state index contributed by atoms with van der Waals surface area (Å²) < 4.78 is 17.6. The van der Waals surface area contributed by atoms with E-state index in [4.69, 9.17) is 25.8 Å². The molecule has 8 heteroatoms. The number of aromatic nitrogens is 4. The van der Waals surface area contributed by atoms with Crippen molar-refractivity contribution in [1.82, 2.24) is 19.5 Å². The zero-order valence-electron chi connectivity index (χ0n) is 11.7. The normalized spacial score (nSPS) is 12.8. The van der Waals surface area contributed by atoms with Crippen LogP contribution in [0.15, 0.2) is 6.33 Å². The van der Waals surface area contributed by atoms with Crippen LogP contribution in [0.3, 0.4) is 0 Å². The summed E-state index contributed by atoms with van der Waals surface area (Å²) in [6.07, 6.45) is 1.33. The van der Waals surface area contributed by atoms with Gasteiger partial charge in [-0.2, -0.15) is 4.98 Å². The van der Waals surface area contributed by atoms with E-state index in [1.165, 1.54) is 6.33 Å². The molecule has 0 amide bonds. The zero-order valence-corrected chi connectivity index (χ0v) is 12.4. The summed E-state index contributed by atoms with van der Waals surface area (Å²) in [5.41, 5.74) is 1.27. The van der Waals surface area contributed by atoms with Gasteiger partial charge in [0.15, 0.2) is 11.2 Å². The van der Waals surface area contributed by atoms with Crippen LogP contribution in [0.1, 0.15) is 5.82 Å². The van der Waals surface area contributed by atoms with Gasteiger partial charge in [-0.05, 0) is 0 Å². The van der Waals surface area contributed by atoms with E-state index >= 15 is 0 Å². The van der Waals surface area contributed by atoms with Crippen LogP contribution in [0.2, 0.25) is 0 Å². The molecule has 1 atom stereocenters. The van der Waals surface area contributed by atoms with Crippen LogP contribution >= 0.6 is 11.6 Å². The third-order valence-corrected chi connectivity index (χ3v) is 3.20. The van der Waals surface area contributed by atoms with Crippen LogP contribution in [-0.4, -0.2) is 53.6 Å². The number of methoxy groups -OCH3 is 3. The first kappa shape index (κ1) is 15.0. The van der Waals surface area contributed by atoms with Gasteiger partial charge in [-0.3, -0.25) is 0 Å². The van der Waals surface area contributed by atoms with Gasteiger partial charge in [0.25, 0.3) is 0 Å². The van der Waals surface area contributed by atoms with Crippen LogP contribution < -0.4 is 4.74 Å². The molecule has 0 N–H and O–H groups in total. The highest BCUT2D eigenvalue weighted by atomic mass is 35.5. The quantitative estimate of drug-likeness (QED) is 0.716. The minimum Gasteiger partial charge on any atom is -0.479 e. The fourth-order valence-corrected chi connectivity index (χ4v) is 2.19. The molecule has 2 aromatic heterocycles. The van der Waals surface area contributed by atoms with Crippen molar-refractivity contribution in [3.05, 3.63) is 12.2 Å². The number of hydrogen-bond acceptors (Lipinski definition) is 6. The van der Waals surface area contributed by atoms with Gasteiger partial charge in [-0.1, -0.05) is 0 Å². The van der Waals surface area contributed by atoms with Gasteiger partial charge in [0.1, 0.15) is 12.2 Å². The van der Waals surface area contributed by atoms with E-state index in [-0.39, 0.29) is 12.0 Å². The lowest BCUT2D eigenvalue weighted by Gasteiger charge is -2.16. The molecule has 0 aliphatic carbocycles. The number of fused-ring (bicyclic) bond motifs is 1. The highest BCUT2D eigenvalue weighted by Crippen LogP contribution is 2.23. The minimum atomic E-state index is -0.111. The SMILES string of the molecule is COCC(Cn1c(CCl)nc2c(OC)ncnc21)OC. The van der Waals surface area contributed by atoms with Gasteiger partial charge in [-0.25, -0.2) is 9.97 Å². The molecule has 7 nitrogen and oxygen atoms in total. The van der Waals surface area contributed by atoms with Crippen molar-refractivity contribution in [2.24, 2.45) is 0 Å². The molecule has 0 aromatic carbocycles. The lowest BCUT2D eigenvalue weighted by atomic mass is 10.3. The van der Waals surface area contributed by atoms with Crippen molar-refractivity contribution in [3.8, 4) is 5.88 Å². The standard InChI is InChI=1S/C12H17ClN4O3/c1-18-6-8(19-2)5-17-9(4-13)16-10-11(17)14-7-15-12(10)20-3/h7-8H,4-6H2,1-3H3. The second kappa shape index (κ2) is 6.83. The second-order valence-electron chi connectivity index (χ2n) is 4.14. The molecule has 2 aromatic rings. The molecule has 2 rings (SSSR count). The number of nitrogens with zero attached hydrogens (tertiary/aromatic N) is 4. The predicted octanol–water partition coefficient (Wildman–Crippen LogP) is 1.24. The maximum atomic E-state index is 5.96. The third kappa shape index (κ3) is 2.84. The van der Waals surface area contributed by atoms with Crippen molar-refractivity contribution in [3.63, 3.8) is 0 Å². The van der Waals surface area contributed by atoms with Crippen molar-refractivity contribution >= 4 is 22.8 Å². The Morgan fingerprint density at radius 3 is 2.70 bits per heavy atom. The molecular weight excluding hydrogens is 284 g/mol. The van der Waals surface area contributed by atoms with Crippen molar-refractivity contribution in [1.29, 1.82) is 0 Å². The summed E-state index contributed by atoms with van der Waals surface area (Å²) in [6, 6.07) is 0. The molecule has 20 heavy (non-hydrogen) atoms. The Balaban J connectivity index is 2.45. The molecule has 0 fully saturated rings. The molecule has 0 bridgehead atoms. The summed E-state index contributed by atoms with van der Waals surface area (Å²) in [6.45, 7) is 1.02. The van der Waals surface area contributed by atoms with Crippen LogP contribution in [0.25, 0.3) is 11.2 Å². The molecule has 0 radical (unpaired) electrons. The van der Waals surface area contributed by atoms with E-state index < -0.39 is 0 Å². The van der Waals surface area contributed by atoms with E-state index in [0.29, 0.717) is 36.0 Å². The van der Waals surface area contributed by atoms with Crippen molar-refractivity contribution < 1.29 is 14.2 Å². The average Bonchev–Trinajstić information content (AvgIpc) is 2.84. The highest BCUT2D eigenvalue weighted by molar-refractivity contribution is 6.16. The first-order chi connectivity index (χ1) is 9.74. The maximum absolute atomic E-state index is 5.96. The first-order valence-corrected chi connectivity index (χ1v) is 6.60. The number of rotatable bonds is 7. The summed E-state index contributed by atoms with van der Waals surface area (Å²) in [5.74, 6) is 1.39. The Labute approximate surface area is 121 Å². The smallest absolute Gasteiger partial charge is 0.245 e. The van der Waals surface area contributed by atoms with E-state index in [9.17, 15) is 0 Å². The number of hydrogen-bond donors (Lipinski definition) is 0. The molecule has 2 heterocycles. The highest BCUT2D eigenvalue weighted by Gasteiger charge is 2.18. The molecule has 0 aliphatic rings. The number of imidazole rings is 1. The van der Waals surface area contributed by atoms with Crippen LogP contribution in [0, 0.1) is 0 Å². The molecule has 110 valence electrons. The monoisotopic (exact) mass is 300 g/mol. The molecule has 1 unspecified atom stereocenters. The fourth-order valence-electron chi connectivity index (χ4n) is 1.99. The Hall–Kier alpha value is -1.44. The van der Waals surface area contributed by atoms with Crippen LogP contribution in [0.5, 0.6) is 5.88 Å². The van der Waals surface area contributed by atoms with Crippen molar-refractivity contribution in [2.75, 3.05) is 27.9 Å². The Kier molecular flexibility index (Phi) is 5.11. The Morgan fingerprint density at radius 1 is 1.30 bits per heavy atom. The van der Waals surface area contributed by atoms with Crippen molar-refractivity contribution in [2.45, 2.75) is 18.5 Å². The van der Waals surface area contributed by atoms with E-state index in [1.807, 2.05) is 4.57 Å². The minimum absolute atomic E-state index is 0.111. The predicted molar refractivity (Wildman–Crippen MR) is 74.1 cm³/mol. The zero-order chi connectivity index (χ0) is 14.5. The Morgan fingerprint density at radius 2 is 2.10 bits per heavy atom. The average molecular weight is 301 g/mol. The third-order valence-electron chi connectivity index (χ3n) is 2.96. The summed E-state index contributed by atoms with van der Waals surface area (Å²) in [7, 11) is 4.81.